The van der Waals surface area contributed by atoms with Crippen molar-refractivity contribution in [3.63, 3.8) is 0 Å². The average Bonchev–Trinajstić information content (AvgIpc) is 2.69. The number of rotatable bonds is 8. The molecule has 1 unspecified atom stereocenters. The molecule has 1 amide bonds. The largest absolute Gasteiger partial charge is 0.493 e. The average molecular weight is 440 g/mol. The fourth-order valence-electron chi connectivity index (χ4n) is 2.26. The van der Waals surface area contributed by atoms with E-state index in [0.717, 1.165) is 0 Å². The number of halogens is 2. The van der Waals surface area contributed by atoms with Gasteiger partial charge in [-0.25, -0.2) is 4.79 Å². The van der Waals surface area contributed by atoms with Gasteiger partial charge in [-0.3, -0.25) is 9.59 Å². The molecule has 9 heteroatoms. The summed E-state index contributed by atoms with van der Waals surface area (Å²) in [5, 5.41) is 3.01. The Hall–Kier alpha value is -2.77. The summed E-state index contributed by atoms with van der Waals surface area (Å²) < 4.78 is 15.6. The van der Waals surface area contributed by atoms with Gasteiger partial charge in [0, 0.05) is 5.56 Å². The van der Waals surface area contributed by atoms with Crippen LogP contribution < -0.4 is 14.8 Å². The first kappa shape index (κ1) is 22.5. The Labute approximate surface area is 177 Å². The van der Waals surface area contributed by atoms with Crippen LogP contribution >= 0.6 is 23.2 Å². The van der Waals surface area contributed by atoms with Gasteiger partial charge in [0.25, 0.3) is 5.91 Å². The second-order valence-corrected chi connectivity index (χ2v) is 6.72. The van der Waals surface area contributed by atoms with Crippen LogP contribution in [0.4, 0.5) is 5.69 Å². The van der Waals surface area contributed by atoms with Gasteiger partial charge in [0.1, 0.15) is 0 Å². The molecular weight excluding hydrogens is 421 g/mol. The molecular formula is C20H19Cl2NO6. The van der Waals surface area contributed by atoms with Gasteiger partial charge in [-0.15, -0.1) is 0 Å². The van der Waals surface area contributed by atoms with Crippen LogP contribution in [0.3, 0.4) is 0 Å². The number of carbonyl (C=O) groups is 3. The van der Waals surface area contributed by atoms with E-state index in [9.17, 15) is 14.4 Å². The minimum Gasteiger partial charge on any atom is -0.493 e. The minimum absolute atomic E-state index is 0.131. The molecule has 0 aliphatic rings. The molecule has 0 aliphatic carbocycles. The Kier molecular flexibility index (Phi) is 7.87. The topological polar surface area (TPSA) is 90.9 Å². The number of hydrogen-bond acceptors (Lipinski definition) is 6. The molecule has 29 heavy (non-hydrogen) atoms. The summed E-state index contributed by atoms with van der Waals surface area (Å²) in [6.45, 7) is 2.38. The van der Waals surface area contributed by atoms with Crippen molar-refractivity contribution in [2.75, 3.05) is 19.0 Å². The lowest BCUT2D eigenvalue weighted by Gasteiger charge is -2.15. The quantitative estimate of drug-likeness (QED) is 0.490. The number of hydrogen-bond donors (Lipinski definition) is 1. The molecule has 0 saturated heterocycles. The van der Waals surface area contributed by atoms with E-state index < -0.39 is 24.6 Å². The monoisotopic (exact) mass is 439 g/mol. The maximum atomic E-state index is 12.2. The number of methoxy groups -OCH3 is 1. The van der Waals surface area contributed by atoms with Crippen LogP contribution in [-0.4, -0.2) is 37.5 Å². The maximum absolute atomic E-state index is 12.2. The Morgan fingerprint density at radius 1 is 1.10 bits per heavy atom. The summed E-state index contributed by atoms with van der Waals surface area (Å²) in [6, 6.07) is 9.35. The zero-order chi connectivity index (χ0) is 21.6. The summed E-state index contributed by atoms with van der Waals surface area (Å²) >= 11 is 11.9. The molecule has 0 heterocycles. The van der Waals surface area contributed by atoms with E-state index in [1.807, 2.05) is 0 Å². The molecule has 0 aliphatic heterocycles. The van der Waals surface area contributed by atoms with Crippen molar-refractivity contribution < 1.29 is 28.6 Å². The number of anilines is 1. The fourth-order valence-corrected chi connectivity index (χ4v) is 2.61. The van der Waals surface area contributed by atoms with Crippen molar-refractivity contribution in [3.05, 3.63) is 52.0 Å². The van der Waals surface area contributed by atoms with Crippen LogP contribution in [0.15, 0.2) is 36.4 Å². The molecule has 2 aromatic rings. The minimum atomic E-state index is -1.09. The summed E-state index contributed by atoms with van der Waals surface area (Å²) in [5.74, 6) is -0.911. The summed E-state index contributed by atoms with van der Waals surface area (Å²) in [4.78, 5) is 35.6. The van der Waals surface area contributed by atoms with Gasteiger partial charge in [-0.2, -0.15) is 0 Å². The predicted octanol–water partition coefficient (Wildman–Crippen LogP) is 4.15. The molecule has 0 saturated carbocycles. The number of ether oxygens (including phenoxy) is 3. The number of ketones is 1. The van der Waals surface area contributed by atoms with Gasteiger partial charge < -0.3 is 19.5 Å². The first-order valence-corrected chi connectivity index (χ1v) is 9.24. The second kappa shape index (κ2) is 10.1. The first-order valence-electron chi connectivity index (χ1n) is 8.49. The van der Waals surface area contributed by atoms with E-state index in [-0.39, 0.29) is 21.6 Å². The predicted molar refractivity (Wildman–Crippen MR) is 109 cm³/mol. The van der Waals surface area contributed by atoms with Crippen molar-refractivity contribution in [3.8, 4) is 11.5 Å². The molecule has 0 aromatic heterocycles. The van der Waals surface area contributed by atoms with Gasteiger partial charge in [0.2, 0.25) is 0 Å². The third-order valence-electron chi connectivity index (χ3n) is 3.80. The van der Waals surface area contributed by atoms with Crippen molar-refractivity contribution in [2.24, 2.45) is 0 Å². The zero-order valence-corrected chi connectivity index (χ0v) is 17.5. The molecule has 154 valence electrons. The highest BCUT2D eigenvalue weighted by atomic mass is 35.5. The van der Waals surface area contributed by atoms with Crippen LogP contribution in [0, 0.1) is 0 Å². The second-order valence-electron chi connectivity index (χ2n) is 5.93. The molecule has 1 N–H and O–H groups in total. The zero-order valence-electron chi connectivity index (χ0n) is 16.0. The molecule has 2 rings (SSSR count). The highest BCUT2D eigenvalue weighted by Crippen LogP contribution is 2.30. The maximum Gasteiger partial charge on any atom is 0.344 e. The number of carbonyl (C=O) groups excluding carboxylic acids is 3. The van der Waals surface area contributed by atoms with Crippen molar-refractivity contribution in [2.45, 2.75) is 20.0 Å². The van der Waals surface area contributed by atoms with Crippen LogP contribution in [0.1, 0.15) is 24.2 Å². The van der Waals surface area contributed by atoms with E-state index in [1.54, 1.807) is 24.3 Å². The number of benzene rings is 2. The summed E-state index contributed by atoms with van der Waals surface area (Å²) in [5.41, 5.74) is 0.750. The first-order chi connectivity index (χ1) is 13.7. The molecule has 0 bridgehead atoms. The highest BCUT2D eigenvalue weighted by Gasteiger charge is 2.20. The molecule has 0 spiro atoms. The highest BCUT2D eigenvalue weighted by molar-refractivity contribution is 6.44. The van der Waals surface area contributed by atoms with Gasteiger partial charge in [-0.1, -0.05) is 29.3 Å². The lowest BCUT2D eigenvalue weighted by Crippen LogP contribution is -2.31. The van der Waals surface area contributed by atoms with Crippen LogP contribution in [0.5, 0.6) is 11.5 Å². The lowest BCUT2D eigenvalue weighted by atomic mass is 10.1. The Morgan fingerprint density at radius 3 is 2.48 bits per heavy atom. The van der Waals surface area contributed by atoms with Gasteiger partial charge in [0.15, 0.2) is 30.0 Å². The molecule has 1 atom stereocenters. The Morgan fingerprint density at radius 2 is 1.83 bits per heavy atom. The van der Waals surface area contributed by atoms with Gasteiger partial charge in [0.05, 0.1) is 22.8 Å². The van der Waals surface area contributed by atoms with E-state index in [0.29, 0.717) is 17.0 Å². The number of Topliss-reactive ketones (excluding diaryl/α,β-unsaturated/α-hetero) is 1. The molecule has 0 radical (unpaired) electrons. The summed E-state index contributed by atoms with van der Waals surface area (Å²) in [6.07, 6.45) is -1.09. The van der Waals surface area contributed by atoms with E-state index in [4.69, 9.17) is 37.4 Å². The smallest absolute Gasteiger partial charge is 0.344 e. The lowest BCUT2D eigenvalue weighted by molar-refractivity contribution is -0.155. The molecule has 0 fully saturated rings. The van der Waals surface area contributed by atoms with E-state index in [2.05, 4.69) is 5.32 Å². The van der Waals surface area contributed by atoms with Crippen LogP contribution in [0.25, 0.3) is 0 Å². The molecule has 7 nitrogen and oxygen atoms in total. The van der Waals surface area contributed by atoms with E-state index in [1.165, 1.54) is 33.1 Å². The third kappa shape index (κ3) is 6.10. The number of esters is 1. The van der Waals surface area contributed by atoms with Gasteiger partial charge in [-0.05, 0) is 44.2 Å². The standard InChI is InChI=1S/C20H19Cl2NO6/c1-11(24)13-7-8-16(17(9-13)27-3)28-10-18(25)29-12(2)20(26)23-15-6-4-5-14(21)19(15)22/h4-9,12H,10H2,1-3H3,(H,23,26). The Balaban J connectivity index is 1.92. The van der Waals surface area contributed by atoms with E-state index >= 15 is 0 Å². The molecule has 2 aromatic carbocycles. The SMILES string of the molecule is COc1cc(C(C)=O)ccc1OCC(=O)OC(C)C(=O)Nc1cccc(Cl)c1Cl. The van der Waals surface area contributed by atoms with Crippen molar-refractivity contribution in [1.29, 1.82) is 0 Å². The third-order valence-corrected chi connectivity index (χ3v) is 4.62. The number of nitrogens with one attached hydrogen (secondary N) is 1. The normalized spacial score (nSPS) is 11.3. The van der Waals surface area contributed by atoms with Crippen molar-refractivity contribution in [1.82, 2.24) is 0 Å². The summed E-state index contributed by atoms with van der Waals surface area (Å²) in [7, 11) is 1.41. The fraction of sp³-hybridized carbons (Fsp3) is 0.250. The van der Waals surface area contributed by atoms with Crippen molar-refractivity contribution >= 4 is 46.5 Å². The van der Waals surface area contributed by atoms with Gasteiger partial charge >= 0.3 is 5.97 Å². The van der Waals surface area contributed by atoms with Crippen LogP contribution in [-0.2, 0) is 14.3 Å². The Bertz CT molecular complexity index is 931. The van der Waals surface area contributed by atoms with Crippen LogP contribution in [0.2, 0.25) is 10.0 Å². The number of amides is 1.